The minimum Gasteiger partial charge on any atom is -0.395 e. The summed E-state index contributed by atoms with van der Waals surface area (Å²) >= 11 is 6.69. The molecule has 0 heterocycles. The molecule has 17 heavy (non-hydrogen) atoms. The van der Waals surface area contributed by atoms with Crippen molar-refractivity contribution in [2.75, 3.05) is 19.7 Å². The summed E-state index contributed by atoms with van der Waals surface area (Å²) in [6.45, 7) is 4.26. The number of rotatable bonds is 5. The van der Waals surface area contributed by atoms with Crippen molar-refractivity contribution in [1.29, 1.82) is 0 Å². The Labute approximate surface area is 117 Å². The summed E-state index contributed by atoms with van der Waals surface area (Å²) in [7, 11) is 0. The van der Waals surface area contributed by atoms with Gasteiger partial charge in [-0.1, -0.05) is 22.0 Å². The first kappa shape index (κ1) is 14.4. The molecule has 0 saturated heterocycles. The van der Waals surface area contributed by atoms with Gasteiger partial charge in [-0.15, -0.1) is 6.58 Å². The van der Waals surface area contributed by atoms with Crippen LogP contribution in [0.1, 0.15) is 10.4 Å². The topological polar surface area (TPSA) is 40.5 Å². The number of hydrogen-bond acceptors (Lipinski definition) is 2. The number of hydrogen-bond donors (Lipinski definition) is 1. The zero-order chi connectivity index (χ0) is 12.8. The summed E-state index contributed by atoms with van der Waals surface area (Å²) in [5, 5.41) is 8.93. The van der Waals surface area contributed by atoms with Crippen molar-refractivity contribution < 1.29 is 9.90 Å². The second-order valence-electron chi connectivity index (χ2n) is 3.39. The Hall–Kier alpha value is -0.650. The van der Waals surface area contributed by atoms with Gasteiger partial charge in [0.1, 0.15) is 0 Å². The molecule has 0 saturated carbocycles. The lowest BCUT2D eigenvalue weighted by molar-refractivity contribution is 0.0742. The Bertz CT molecular complexity index is 421. The average molecular weight is 363 g/mol. The number of halogens is 2. The number of amides is 1. The molecule has 0 unspecified atom stereocenters. The number of aliphatic hydroxyl groups is 1. The first-order valence-corrected chi connectivity index (χ1v) is 6.64. The maximum atomic E-state index is 12.2. The third-order valence-corrected chi connectivity index (χ3v) is 3.32. The van der Waals surface area contributed by atoms with E-state index in [4.69, 9.17) is 5.11 Å². The molecule has 0 aliphatic heterocycles. The molecule has 1 amide bonds. The van der Waals surface area contributed by atoms with Gasteiger partial charge in [0.05, 0.1) is 12.2 Å². The van der Waals surface area contributed by atoms with Gasteiger partial charge in [-0.2, -0.15) is 0 Å². The van der Waals surface area contributed by atoms with Crippen molar-refractivity contribution in [2.24, 2.45) is 0 Å². The van der Waals surface area contributed by atoms with Crippen LogP contribution in [-0.2, 0) is 0 Å². The summed E-state index contributed by atoms with van der Waals surface area (Å²) in [4.78, 5) is 13.7. The lowest BCUT2D eigenvalue weighted by atomic mass is 10.2. The molecule has 0 bridgehead atoms. The van der Waals surface area contributed by atoms with Crippen molar-refractivity contribution in [2.45, 2.75) is 0 Å². The second kappa shape index (κ2) is 6.93. The molecule has 0 fully saturated rings. The van der Waals surface area contributed by atoms with E-state index in [0.29, 0.717) is 18.7 Å². The molecule has 0 spiro atoms. The minimum atomic E-state index is -0.127. The number of carbonyl (C=O) groups excluding carboxylic acids is 1. The third-order valence-electron chi connectivity index (χ3n) is 2.17. The Balaban J connectivity index is 2.96. The summed E-state index contributed by atoms with van der Waals surface area (Å²) in [6, 6.07) is 5.37. The van der Waals surface area contributed by atoms with Gasteiger partial charge >= 0.3 is 0 Å². The second-order valence-corrected chi connectivity index (χ2v) is 5.16. The van der Waals surface area contributed by atoms with Crippen LogP contribution in [0, 0.1) is 0 Å². The molecule has 0 aliphatic carbocycles. The Morgan fingerprint density at radius 3 is 2.71 bits per heavy atom. The van der Waals surface area contributed by atoms with Crippen molar-refractivity contribution in [1.82, 2.24) is 4.90 Å². The molecular weight excluding hydrogens is 350 g/mol. The maximum Gasteiger partial charge on any atom is 0.255 e. The highest BCUT2D eigenvalue weighted by molar-refractivity contribution is 9.11. The number of benzene rings is 1. The number of aliphatic hydroxyl groups excluding tert-OH is 1. The predicted octanol–water partition coefficient (Wildman–Crippen LogP) is 2.83. The van der Waals surface area contributed by atoms with Crippen molar-refractivity contribution in [3.63, 3.8) is 0 Å². The predicted molar refractivity (Wildman–Crippen MR) is 75.0 cm³/mol. The maximum absolute atomic E-state index is 12.2. The van der Waals surface area contributed by atoms with Crippen LogP contribution in [0.4, 0.5) is 0 Å². The van der Waals surface area contributed by atoms with E-state index in [9.17, 15) is 4.79 Å². The highest BCUT2D eigenvalue weighted by Gasteiger charge is 2.16. The van der Waals surface area contributed by atoms with Gasteiger partial charge in [-0.05, 0) is 34.1 Å². The van der Waals surface area contributed by atoms with Crippen LogP contribution in [0.25, 0.3) is 0 Å². The van der Waals surface area contributed by atoms with Gasteiger partial charge in [0.25, 0.3) is 5.91 Å². The molecule has 1 N–H and O–H groups in total. The van der Waals surface area contributed by atoms with Gasteiger partial charge in [0.15, 0.2) is 0 Å². The summed E-state index contributed by atoms with van der Waals surface area (Å²) in [6.07, 6.45) is 1.64. The van der Waals surface area contributed by atoms with E-state index in [1.165, 1.54) is 0 Å². The normalized spacial score (nSPS) is 10.1. The van der Waals surface area contributed by atoms with Gasteiger partial charge in [-0.25, -0.2) is 0 Å². The van der Waals surface area contributed by atoms with E-state index in [1.807, 2.05) is 12.1 Å². The van der Waals surface area contributed by atoms with Crippen LogP contribution in [0.2, 0.25) is 0 Å². The lowest BCUT2D eigenvalue weighted by Gasteiger charge is -2.20. The molecular formula is C12H13Br2NO2. The van der Waals surface area contributed by atoms with E-state index in [2.05, 4.69) is 38.4 Å². The Morgan fingerprint density at radius 2 is 2.18 bits per heavy atom. The van der Waals surface area contributed by atoms with E-state index in [0.717, 1.165) is 8.95 Å². The highest BCUT2D eigenvalue weighted by Crippen LogP contribution is 2.23. The molecule has 1 rings (SSSR count). The van der Waals surface area contributed by atoms with Crippen LogP contribution in [0.15, 0.2) is 39.8 Å². The molecule has 0 radical (unpaired) electrons. The first-order valence-electron chi connectivity index (χ1n) is 5.06. The summed E-state index contributed by atoms with van der Waals surface area (Å²) in [5.74, 6) is -0.127. The lowest BCUT2D eigenvalue weighted by Crippen LogP contribution is -2.33. The van der Waals surface area contributed by atoms with Crippen molar-refractivity contribution in [3.05, 3.63) is 45.4 Å². The quantitative estimate of drug-likeness (QED) is 0.818. The van der Waals surface area contributed by atoms with Crippen LogP contribution in [-0.4, -0.2) is 35.6 Å². The SMILES string of the molecule is C=CCN(CCO)C(=O)c1ccc(Br)cc1Br. The molecule has 1 aromatic rings. The molecule has 0 aliphatic rings. The fraction of sp³-hybridized carbons (Fsp3) is 0.250. The van der Waals surface area contributed by atoms with E-state index in [1.54, 1.807) is 17.0 Å². The molecule has 3 nitrogen and oxygen atoms in total. The standard InChI is InChI=1S/C12H13Br2NO2/c1-2-5-15(6-7-16)12(17)10-4-3-9(13)8-11(10)14/h2-4,8,16H,1,5-7H2. The average Bonchev–Trinajstić information content (AvgIpc) is 2.28. The van der Waals surface area contributed by atoms with E-state index >= 15 is 0 Å². The van der Waals surface area contributed by atoms with Crippen molar-refractivity contribution >= 4 is 37.8 Å². The van der Waals surface area contributed by atoms with Crippen LogP contribution >= 0.6 is 31.9 Å². The first-order chi connectivity index (χ1) is 8.10. The Morgan fingerprint density at radius 1 is 1.47 bits per heavy atom. The van der Waals surface area contributed by atoms with Crippen LogP contribution < -0.4 is 0 Å². The van der Waals surface area contributed by atoms with Crippen LogP contribution in [0.3, 0.4) is 0 Å². The Kier molecular flexibility index (Phi) is 5.88. The molecule has 1 aromatic carbocycles. The summed E-state index contributed by atoms with van der Waals surface area (Å²) < 4.78 is 1.63. The van der Waals surface area contributed by atoms with Crippen LogP contribution in [0.5, 0.6) is 0 Å². The fourth-order valence-corrected chi connectivity index (χ4v) is 2.60. The molecule has 5 heteroatoms. The highest BCUT2D eigenvalue weighted by atomic mass is 79.9. The largest absolute Gasteiger partial charge is 0.395 e. The minimum absolute atomic E-state index is 0.0618. The van der Waals surface area contributed by atoms with Gasteiger partial charge in [0, 0.05) is 22.0 Å². The smallest absolute Gasteiger partial charge is 0.255 e. The van der Waals surface area contributed by atoms with Gasteiger partial charge in [0.2, 0.25) is 0 Å². The number of carbonyl (C=O) groups is 1. The van der Waals surface area contributed by atoms with Gasteiger partial charge < -0.3 is 10.0 Å². The summed E-state index contributed by atoms with van der Waals surface area (Å²) in [5.41, 5.74) is 0.573. The molecule has 0 atom stereocenters. The third kappa shape index (κ3) is 3.94. The molecule has 0 aromatic heterocycles. The monoisotopic (exact) mass is 361 g/mol. The zero-order valence-corrected chi connectivity index (χ0v) is 12.4. The van der Waals surface area contributed by atoms with Crippen molar-refractivity contribution in [3.8, 4) is 0 Å². The van der Waals surface area contributed by atoms with Gasteiger partial charge in [-0.3, -0.25) is 4.79 Å². The van der Waals surface area contributed by atoms with E-state index in [-0.39, 0.29) is 12.5 Å². The zero-order valence-electron chi connectivity index (χ0n) is 9.20. The number of nitrogens with zero attached hydrogens (tertiary/aromatic N) is 1. The van der Waals surface area contributed by atoms with E-state index < -0.39 is 0 Å². The fourth-order valence-electron chi connectivity index (χ4n) is 1.39. The molecule has 92 valence electrons.